The summed E-state index contributed by atoms with van der Waals surface area (Å²) in [5.74, 6) is 1.91. The number of hydrogen-bond donors (Lipinski definition) is 2. The van der Waals surface area contributed by atoms with Crippen molar-refractivity contribution in [3.05, 3.63) is 65.1 Å². The molecule has 0 radical (unpaired) electrons. The highest BCUT2D eigenvalue weighted by molar-refractivity contribution is 8.08. The van der Waals surface area contributed by atoms with Crippen molar-refractivity contribution in [3.8, 4) is 17.2 Å². The largest absolute Gasteiger partial charge is 0.381 e. The predicted molar refractivity (Wildman–Crippen MR) is 115 cm³/mol. The minimum Gasteiger partial charge on any atom is -0.381 e. The molecule has 4 nitrogen and oxygen atoms in total. The SMILES string of the molecule is N#Cc1ccc(-c2cccc(CN3CC4CNC[C@H]4C3)c2C2=CNCS2)cc1F. The minimum absolute atomic E-state index is 0.0831. The van der Waals surface area contributed by atoms with Gasteiger partial charge >= 0.3 is 0 Å². The molecule has 0 spiro atoms. The zero-order valence-corrected chi connectivity index (χ0v) is 16.9. The van der Waals surface area contributed by atoms with Crippen LogP contribution in [-0.2, 0) is 6.54 Å². The van der Waals surface area contributed by atoms with E-state index in [4.69, 9.17) is 5.26 Å². The molecule has 148 valence electrons. The topological polar surface area (TPSA) is 51.1 Å². The Kier molecular flexibility index (Phi) is 5.04. The number of nitrogens with one attached hydrogen (secondary N) is 2. The molecule has 29 heavy (non-hydrogen) atoms. The van der Waals surface area contributed by atoms with Crippen LogP contribution in [0, 0.1) is 29.0 Å². The lowest BCUT2D eigenvalue weighted by molar-refractivity contribution is 0.305. The number of nitrogens with zero attached hydrogens (tertiary/aromatic N) is 2. The van der Waals surface area contributed by atoms with Crippen LogP contribution in [0.15, 0.2) is 42.6 Å². The zero-order chi connectivity index (χ0) is 19.8. The molecule has 2 aromatic rings. The summed E-state index contributed by atoms with van der Waals surface area (Å²) in [5.41, 5.74) is 4.38. The normalized spacial score (nSPS) is 23.5. The second-order valence-electron chi connectivity index (χ2n) is 8.02. The number of fused-ring (bicyclic) bond motifs is 1. The molecule has 2 aromatic carbocycles. The van der Waals surface area contributed by atoms with E-state index in [0.717, 1.165) is 61.6 Å². The molecule has 0 aromatic heterocycles. The molecule has 0 aliphatic carbocycles. The van der Waals surface area contributed by atoms with Crippen molar-refractivity contribution in [2.45, 2.75) is 6.54 Å². The smallest absolute Gasteiger partial charge is 0.141 e. The molecular formula is C23H23FN4S. The molecule has 6 heteroatoms. The van der Waals surface area contributed by atoms with Crippen molar-refractivity contribution in [2.75, 3.05) is 32.1 Å². The van der Waals surface area contributed by atoms with Gasteiger partial charge in [0, 0.05) is 36.3 Å². The van der Waals surface area contributed by atoms with Crippen molar-refractivity contribution in [3.63, 3.8) is 0 Å². The van der Waals surface area contributed by atoms with Crippen LogP contribution in [0.3, 0.4) is 0 Å². The number of halogens is 1. The first-order valence-corrected chi connectivity index (χ1v) is 11.0. The molecule has 5 rings (SSSR count). The lowest BCUT2D eigenvalue weighted by Gasteiger charge is -2.21. The molecule has 2 N–H and O–H groups in total. The molecule has 0 saturated carbocycles. The summed E-state index contributed by atoms with van der Waals surface area (Å²) < 4.78 is 14.3. The van der Waals surface area contributed by atoms with Crippen LogP contribution in [-0.4, -0.2) is 37.0 Å². The zero-order valence-electron chi connectivity index (χ0n) is 16.1. The highest BCUT2D eigenvalue weighted by Gasteiger charge is 2.36. The predicted octanol–water partition coefficient (Wildman–Crippen LogP) is 3.61. The monoisotopic (exact) mass is 406 g/mol. The summed E-state index contributed by atoms with van der Waals surface area (Å²) in [6, 6.07) is 13.1. The molecule has 3 heterocycles. The van der Waals surface area contributed by atoms with Crippen LogP contribution in [0.5, 0.6) is 0 Å². The van der Waals surface area contributed by atoms with E-state index in [9.17, 15) is 4.39 Å². The van der Waals surface area contributed by atoms with Crippen molar-refractivity contribution in [1.82, 2.24) is 15.5 Å². The first-order chi connectivity index (χ1) is 14.2. The van der Waals surface area contributed by atoms with Gasteiger partial charge in [0.05, 0.1) is 11.4 Å². The first kappa shape index (κ1) is 18.7. The van der Waals surface area contributed by atoms with E-state index < -0.39 is 5.82 Å². The Balaban J connectivity index is 1.53. The van der Waals surface area contributed by atoms with Gasteiger partial charge in [0.15, 0.2) is 0 Å². The quantitative estimate of drug-likeness (QED) is 0.813. The van der Waals surface area contributed by atoms with Gasteiger partial charge in [0.2, 0.25) is 0 Å². The fourth-order valence-electron chi connectivity index (χ4n) is 4.80. The maximum Gasteiger partial charge on any atom is 0.141 e. The van der Waals surface area contributed by atoms with Crippen molar-refractivity contribution in [2.24, 2.45) is 11.8 Å². The Hall–Kier alpha value is -2.33. The molecule has 3 aliphatic heterocycles. The van der Waals surface area contributed by atoms with Crippen LogP contribution in [0.1, 0.15) is 16.7 Å². The first-order valence-electron chi connectivity index (χ1n) is 10.0. The standard InChI is InChI=1S/C23H23FN4S/c24-21-6-15(4-5-16(21)7-25)20-3-1-2-17(23(20)22-10-27-14-29-22)11-28-12-18-8-26-9-19(18)13-28/h1-6,10,18-19,26-27H,8-9,11-14H2/t18-,19?/m0/s1. The Bertz CT molecular complexity index is 1000. The number of benzene rings is 2. The highest BCUT2D eigenvalue weighted by atomic mass is 32.2. The van der Waals surface area contributed by atoms with Gasteiger partial charge in [0.25, 0.3) is 0 Å². The van der Waals surface area contributed by atoms with Gasteiger partial charge in [0.1, 0.15) is 11.9 Å². The molecule has 2 atom stereocenters. The van der Waals surface area contributed by atoms with Gasteiger partial charge in [-0.3, -0.25) is 4.90 Å². The van der Waals surface area contributed by atoms with Crippen molar-refractivity contribution >= 4 is 16.7 Å². The van der Waals surface area contributed by atoms with E-state index in [1.54, 1.807) is 17.8 Å². The molecule has 2 fully saturated rings. The lowest BCUT2D eigenvalue weighted by Crippen LogP contribution is -2.25. The van der Waals surface area contributed by atoms with Gasteiger partial charge in [-0.15, -0.1) is 11.8 Å². The Morgan fingerprint density at radius 2 is 2.00 bits per heavy atom. The summed E-state index contributed by atoms with van der Waals surface area (Å²) in [7, 11) is 0. The van der Waals surface area contributed by atoms with Crippen molar-refractivity contribution in [1.29, 1.82) is 5.26 Å². The fourth-order valence-corrected chi connectivity index (χ4v) is 5.67. The van der Waals surface area contributed by atoms with Gasteiger partial charge < -0.3 is 10.6 Å². The summed E-state index contributed by atoms with van der Waals surface area (Å²) >= 11 is 1.78. The third-order valence-corrected chi connectivity index (χ3v) is 7.14. The summed E-state index contributed by atoms with van der Waals surface area (Å²) in [5, 5.41) is 15.9. The number of thioether (sulfide) groups is 1. The van der Waals surface area contributed by atoms with Crippen LogP contribution < -0.4 is 10.6 Å². The van der Waals surface area contributed by atoms with E-state index in [1.807, 2.05) is 12.1 Å². The number of rotatable bonds is 4. The maximum atomic E-state index is 14.3. The third kappa shape index (κ3) is 3.55. The average Bonchev–Trinajstić information content (AvgIpc) is 3.45. The van der Waals surface area contributed by atoms with Crippen LogP contribution in [0.4, 0.5) is 4.39 Å². The Labute approximate surface area is 174 Å². The molecule has 0 bridgehead atoms. The fraction of sp³-hybridized carbons (Fsp3) is 0.348. The number of likely N-dealkylation sites (tertiary alicyclic amines) is 1. The van der Waals surface area contributed by atoms with E-state index in [-0.39, 0.29) is 5.56 Å². The molecule has 3 aliphatic rings. The van der Waals surface area contributed by atoms with Gasteiger partial charge in [-0.2, -0.15) is 5.26 Å². The van der Waals surface area contributed by atoms with Crippen LogP contribution in [0.25, 0.3) is 16.0 Å². The maximum absolute atomic E-state index is 14.3. The van der Waals surface area contributed by atoms with E-state index in [2.05, 4.69) is 39.9 Å². The number of hydrogen-bond acceptors (Lipinski definition) is 5. The Morgan fingerprint density at radius 1 is 1.17 bits per heavy atom. The van der Waals surface area contributed by atoms with E-state index in [0.29, 0.717) is 0 Å². The van der Waals surface area contributed by atoms with Gasteiger partial charge in [-0.1, -0.05) is 24.3 Å². The van der Waals surface area contributed by atoms with E-state index >= 15 is 0 Å². The molecule has 0 amide bonds. The Morgan fingerprint density at radius 3 is 2.69 bits per heavy atom. The third-order valence-electron chi connectivity index (χ3n) is 6.20. The second-order valence-corrected chi connectivity index (χ2v) is 9.04. The summed E-state index contributed by atoms with van der Waals surface area (Å²) in [4.78, 5) is 3.76. The summed E-state index contributed by atoms with van der Waals surface area (Å²) in [6.45, 7) is 5.44. The second kappa shape index (κ2) is 7.83. The molecule has 1 unspecified atom stereocenters. The van der Waals surface area contributed by atoms with E-state index in [1.165, 1.54) is 22.1 Å². The highest BCUT2D eigenvalue weighted by Crippen LogP contribution is 2.40. The van der Waals surface area contributed by atoms with Crippen molar-refractivity contribution < 1.29 is 4.39 Å². The van der Waals surface area contributed by atoms with Crippen LogP contribution >= 0.6 is 11.8 Å². The lowest BCUT2D eigenvalue weighted by atomic mass is 9.94. The number of nitriles is 1. The van der Waals surface area contributed by atoms with Gasteiger partial charge in [-0.25, -0.2) is 4.39 Å². The molecule has 2 saturated heterocycles. The summed E-state index contributed by atoms with van der Waals surface area (Å²) in [6.07, 6.45) is 2.07. The molecular weight excluding hydrogens is 383 g/mol. The van der Waals surface area contributed by atoms with Crippen LogP contribution in [0.2, 0.25) is 0 Å². The average molecular weight is 407 g/mol. The minimum atomic E-state index is -0.465. The van der Waals surface area contributed by atoms with Gasteiger partial charge in [-0.05, 0) is 53.7 Å².